The van der Waals surface area contributed by atoms with E-state index in [1.54, 1.807) is 28.9 Å². The SMILES string of the molecule is Cc1cc(NC(=O)c2ccc(Oc3ccccc3)cc2)n(-c2nc3c(C)ccc(Cl)c3s2)n1. The van der Waals surface area contributed by atoms with E-state index in [0.29, 0.717) is 27.3 Å². The fourth-order valence-corrected chi connectivity index (χ4v) is 4.69. The maximum Gasteiger partial charge on any atom is 0.256 e. The zero-order valence-electron chi connectivity index (χ0n) is 17.9. The molecule has 0 spiro atoms. The molecule has 2 aromatic heterocycles. The molecule has 2 heterocycles. The summed E-state index contributed by atoms with van der Waals surface area (Å²) < 4.78 is 8.33. The van der Waals surface area contributed by atoms with Crippen LogP contribution in [0, 0.1) is 13.8 Å². The Balaban J connectivity index is 1.39. The van der Waals surface area contributed by atoms with Gasteiger partial charge in [-0.25, -0.2) is 4.98 Å². The third-order valence-electron chi connectivity index (χ3n) is 5.04. The van der Waals surface area contributed by atoms with Gasteiger partial charge in [-0.2, -0.15) is 9.78 Å². The Morgan fingerprint density at radius 1 is 1.00 bits per heavy atom. The van der Waals surface area contributed by atoms with Crippen molar-refractivity contribution < 1.29 is 9.53 Å². The van der Waals surface area contributed by atoms with Crippen LogP contribution in [-0.4, -0.2) is 20.7 Å². The van der Waals surface area contributed by atoms with E-state index in [4.69, 9.17) is 21.3 Å². The summed E-state index contributed by atoms with van der Waals surface area (Å²) in [5.41, 5.74) is 3.13. The summed E-state index contributed by atoms with van der Waals surface area (Å²) in [4.78, 5) is 17.6. The highest BCUT2D eigenvalue weighted by molar-refractivity contribution is 7.21. The fourth-order valence-electron chi connectivity index (χ4n) is 3.40. The van der Waals surface area contributed by atoms with Gasteiger partial charge in [-0.1, -0.05) is 47.2 Å². The van der Waals surface area contributed by atoms with Gasteiger partial charge < -0.3 is 10.1 Å². The van der Waals surface area contributed by atoms with Crippen molar-refractivity contribution in [3.63, 3.8) is 0 Å². The molecule has 6 nitrogen and oxygen atoms in total. The normalized spacial score (nSPS) is 11.0. The number of para-hydroxylation sites is 1. The second-order valence-corrected chi connectivity index (χ2v) is 8.90. The third kappa shape index (κ3) is 4.33. The Bertz CT molecular complexity index is 1420. The summed E-state index contributed by atoms with van der Waals surface area (Å²) in [6.07, 6.45) is 0. The first kappa shape index (κ1) is 21.2. The molecule has 0 aliphatic rings. The van der Waals surface area contributed by atoms with Gasteiger partial charge in [-0.15, -0.1) is 0 Å². The highest BCUT2D eigenvalue weighted by atomic mass is 35.5. The number of aryl methyl sites for hydroxylation is 2. The summed E-state index contributed by atoms with van der Waals surface area (Å²) in [5, 5.41) is 8.75. The van der Waals surface area contributed by atoms with Gasteiger partial charge in [0, 0.05) is 11.6 Å². The molecule has 5 rings (SSSR count). The van der Waals surface area contributed by atoms with Crippen molar-refractivity contribution >= 4 is 44.9 Å². The highest BCUT2D eigenvalue weighted by Gasteiger charge is 2.17. The number of anilines is 1. The number of nitrogens with zero attached hydrogens (tertiary/aromatic N) is 3. The Labute approximate surface area is 199 Å². The van der Waals surface area contributed by atoms with Crippen LogP contribution >= 0.6 is 22.9 Å². The van der Waals surface area contributed by atoms with Crippen LogP contribution in [0.25, 0.3) is 15.3 Å². The predicted molar refractivity (Wildman–Crippen MR) is 132 cm³/mol. The van der Waals surface area contributed by atoms with E-state index < -0.39 is 0 Å². The Morgan fingerprint density at radius 2 is 1.73 bits per heavy atom. The van der Waals surface area contributed by atoms with Gasteiger partial charge in [0.15, 0.2) is 0 Å². The minimum atomic E-state index is -0.252. The number of fused-ring (bicyclic) bond motifs is 1. The molecule has 0 radical (unpaired) electrons. The lowest BCUT2D eigenvalue weighted by molar-refractivity contribution is 0.102. The molecule has 164 valence electrons. The maximum atomic E-state index is 12.9. The molecule has 5 aromatic rings. The van der Waals surface area contributed by atoms with Gasteiger partial charge >= 0.3 is 0 Å². The molecule has 0 unspecified atom stereocenters. The third-order valence-corrected chi connectivity index (χ3v) is 6.53. The summed E-state index contributed by atoms with van der Waals surface area (Å²) >= 11 is 7.80. The van der Waals surface area contributed by atoms with E-state index >= 15 is 0 Å². The number of ether oxygens (including phenoxy) is 1. The second kappa shape index (κ2) is 8.69. The van der Waals surface area contributed by atoms with Crippen LogP contribution in [0.3, 0.4) is 0 Å². The molecule has 0 bridgehead atoms. The van der Waals surface area contributed by atoms with E-state index in [1.807, 2.05) is 62.4 Å². The summed E-state index contributed by atoms with van der Waals surface area (Å²) in [7, 11) is 0. The Kier molecular flexibility index (Phi) is 5.58. The number of benzene rings is 3. The minimum absolute atomic E-state index is 0.252. The molecular formula is C25H19ClN4O2S. The van der Waals surface area contributed by atoms with Crippen LogP contribution in [0.5, 0.6) is 11.5 Å². The van der Waals surface area contributed by atoms with Gasteiger partial charge in [0.2, 0.25) is 5.13 Å². The Hall–Kier alpha value is -3.68. The highest BCUT2D eigenvalue weighted by Crippen LogP contribution is 2.34. The quantitative estimate of drug-likeness (QED) is 0.304. The Morgan fingerprint density at radius 3 is 2.45 bits per heavy atom. The van der Waals surface area contributed by atoms with Crippen LogP contribution < -0.4 is 10.1 Å². The fraction of sp³-hybridized carbons (Fsp3) is 0.0800. The van der Waals surface area contributed by atoms with Crippen LogP contribution in [0.15, 0.2) is 72.8 Å². The van der Waals surface area contributed by atoms with E-state index in [9.17, 15) is 4.79 Å². The lowest BCUT2D eigenvalue weighted by Gasteiger charge is -2.08. The molecule has 0 aliphatic carbocycles. The second-order valence-electron chi connectivity index (χ2n) is 7.51. The van der Waals surface area contributed by atoms with Crippen LogP contribution in [0.4, 0.5) is 5.82 Å². The topological polar surface area (TPSA) is 69.0 Å². The molecule has 1 amide bonds. The molecule has 0 saturated carbocycles. The van der Waals surface area contributed by atoms with Crippen molar-refractivity contribution in [1.82, 2.24) is 14.8 Å². The average molecular weight is 475 g/mol. The van der Waals surface area contributed by atoms with Crippen molar-refractivity contribution in [2.75, 3.05) is 5.32 Å². The average Bonchev–Trinajstić information content (AvgIpc) is 3.42. The summed E-state index contributed by atoms with van der Waals surface area (Å²) in [6, 6.07) is 22.1. The van der Waals surface area contributed by atoms with Crippen molar-refractivity contribution in [2.24, 2.45) is 0 Å². The first-order valence-corrected chi connectivity index (χ1v) is 11.4. The monoisotopic (exact) mass is 474 g/mol. The largest absolute Gasteiger partial charge is 0.457 e. The first-order valence-electron chi connectivity index (χ1n) is 10.2. The molecule has 33 heavy (non-hydrogen) atoms. The predicted octanol–water partition coefficient (Wildman–Crippen LogP) is 6.80. The van der Waals surface area contributed by atoms with Crippen LogP contribution in [0.1, 0.15) is 21.6 Å². The van der Waals surface area contributed by atoms with E-state index in [0.717, 1.165) is 27.2 Å². The van der Waals surface area contributed by atoms with Gasteiger partial charge in [0.25, 0.3) is 5.91 Å². The first-order chi connectivity index (χ1) is 16.0. The molecule has 8 heteroatoms. The molecule has 0 fully saturated rings. The number of amides is 1. The zero-order valence-corrected chi connectivity index (χ0v) is 19.4. The lowest BCUT2D eigenvalue weighted by Crippen LogP contribution is -2.15. The number of hydrogen-bond acceptors (Lipinski definition) is 5. The maximum absolute atomic E-state index is 12.9. The summed E-state index contributed by atoms with van der Waals surface area (Å²) in [5.74, 6) is 1.67. The molecule has 0 saturated heterocycles. The van der Waals surface area contributed by atoms with Gasteiger partial charge in [0.05, 0.1) is 20.9 Å². The number of carbonyl (C=O) groups is 1. The van der Waals surface area contributed by atoms with Crippen LogP contribution in [-0.2, 0) is 0 Å². The van der Waals surface area contributed by atoms with Gasteiger partial charge in [-0.05, 0) is 61.9 Å². The molecule has 1 N–H and O–H groups in total. The number of halogens is 1. The van der Waals surface area contributed by atoms with Crippen LogP contribution in [0.2, 0.25) is 5.02 Å². The van der Waals surface area contributed by atoms with E-state index in [-0.39, 0.29) is 5.91 Å². The smallest absolute Gasteiger partial charge is 0.256 e. The number of carbonyl (C=O) groups excluding carboxylic acids is 1. The molecule has 0 aliphatic heterocycles. The summed E-state index contributed by atoms with van der Waals surface area (Å²) in [6.45, 7) is 3.86. The van der Waals surface area contributed by atoms with Gasteiger partial charge in [-0.3, -0.25) is 4.79 Å². The van der Waals surface area contributed by atoms with Gasteiger partial charge in [0.1, 0.15) is 17.3 Å². The molecule has 0 atom stereocenters. The van der Waals surface area contributed by atoms with Crippen molar-refractivity contribution in [2.45, 2.75) is 13.8 Å². The number of hydrogen-bond donors (Lipinski definition) is 1. The van der Waals surface area contributed by atoms with E-state index in [2.05, 4.69) is 10.4 Å². The van der Waals surface area contributed by atoms with Crippen molar-refractivity contribution in [3.8, 4) is 16.6 Å². The number of aromatic nitrogens is 3. The van der Waals surface area contributed by atoms with Crippen molar-refractivity contribution in [3.05, 3.63) is 94.6 Å². The zero-order chi connectivity index (χ0) is 22.9. The standard InChI is InChI=1S/C25H19ClN4O2S/c1-15-8-13-20(26)23-22(15)28-25(33-23)30-21(14-16(2)29-30)27-24(31)17-9-11-19(12-10-17)32-18-6-4-3-5-7-18/h3-14H,1-2H3,(H,27,31). The molecule has 3 aromatic carbocycles. The number of nitrogens with one attached hydrogen (secondary N) is 1. The minimum Gasteiger partial charge on any atom is -0.457 e. The molecular weight excluding hydrogens is 456 g/mol. The number of rotatable bonds is 5. The lowest BCUT2D eigenvalue weighted by atomic mass is 10.2. The number of thiazole rings is 1. The van der Waals surface area contributed by atoms with E-state index in [1.165, 1.54) is 11.3 Å². The van der Waals surface area contributed by atoms with Crippen molar-refractivity contribution in [1.29, 1.82) is 0 Å².